The van der Waals surface area contributed by atoms with Crippen molar-refractivity contribution < 1.29 is 0 Å². The molecular formula is C82H54N4. The Hall–Kier alpha value is -11.5. The van der Waals surface area contributed by atoms with Crippen LogP contribution in [0.4, 0.5) is 0 Å². The maximum Gasteiger partial charge on any atom is 0.0715 e. The lowest BCUT2D eigenvalue weighted by atomic mass is 9.95. The molecule has 4 nitrogen and oxygen atoms in total. The minimum atomic E-state index is 0.918. The summed E-state index contributed by atoms with van der Waals surface area (Å²) in [6.45, 7) is 0. The third-order valence-electron chi connectivity index (χ3n) is 17.0. The normalized spacial score (nSPS) is 11.5. The lowest BCUT2D eigenvalue weighted by molar-refractivity contribution is 1.18. The van der Waals surface area contributed by atoms with Crippen molar-refractivity contribution in [2.24, 2.45) is 0 Å². The summed E-state index contributed by atoms with van der Waals surface area (Å²) in [7, 11) is 0. The highest BCUT2D eigenvalue weighted by atomic mass is 15.0. The van der Waals surface area contributed by atoms with E-state index in [0.29, 0.717) is 0 Å². The van der Waals surface area contributed by atoms with Gasteiger partial charge in [-0.3, -0.25) is 0 Å². The number of para-hydroxylation sites is 4. The van der Waals surface area contributed by atoms with E-state index < -0.39 is 0 Å². The van der Waals surface area contributed by atoms with Crippen molar-refractivity contribution in [3.05, 3.63) is 328 Å². The Morgan fingerprint density at radius 1 is 0.163 bits per heavy atom. The molecule has 0 amide bonds. The number of pyridine rings is 2. The largest absolute Gasteiger partial charge is 0.309 e. The highest BCUT2D eigenvalue weighted by Gasteiger charge is 2.17. The fourth-order valence-corrected chi connectivity index (χ4v) is 12.6. The number of hydrogen-bond acceptors (Lipinski definition) is 2. The highest BCUT2D eigenvalue weighted by Crippen LogP contribution is 2.39. The molecule has 16 rings (SSSR count). The Labute approximate surface area is 499 Å². The summed E-state index contributed by atoms with van der Waals surface area (Å²) < 4.78 is 4.75. The second-order valence-corrected chi connectivity index (χ2v) is 22.1. The number of fused-ring (bicyclic) bond motifs is 6. The summed E-state index contributed by atoms with van der Waals surface area (Å²) in [5.74, 6) is 0. The predicted molar refractivity (Wildman–Crippen MR) is 360 cm³/mol. The van der Waals surface area contributed by atoms with Gasteiger partial charge in [-0.15, -0.1) is 0 Å². The Kier molecular flexibility index (Phi) is 12.5. The van der Waals surface area contributed by atoms with Crippen LogP contribution < -0.4 is 0 Å². The molecule has 16 aromatic rings. The number of hydrogen-bond donors (Lipinski definition) is 0. The fourth-order valence-electron chi connectivity index (χ4n) is 12.6. The van der Waals surface area contributed by atoms with Crippen molar-refractivity contribution in [3.8, 4) is 112 Å². The minimum absolute atomic E-state index is 0.918. The lowest BCUT2D eigenvalue weighted by Crippen LogP contribution is -1.94. The molecule has 4 heterocycles. The maximum atomic E-state index is 5.31. The van der Waals surface area contributed by atoms with E-state index in [1.807, 2.05) is 0 Å². The minimum Gasteiger partial charge on any atom is -0.309 e. The van der Waals surface area contributed by atoms with Gasteiger partial charge in [0.05, 0.1) is 44.8 Å². The molecule has 0 aliphatic heterocycles. The summed E-state index contributed by atoms with van der Waals surface area (Å²) in [6, 6.07) is 118. The average Bonchev–Trinajstić information content (AvgIpc) is 2.25. The van der Waals surface area contributed by atoms with E-state index in [1.165, 1.54) is 54.7 Å². The first-order chi connectivity index (χ1) is 42.6. The van der Waals surface area contributed by atoms with Gasteiger partial charge in [-0.1, -0.05) is 249 Å². The lowest BCUT2D eigenvalue weighted by Gasteiger charge is -2.13. The van der Waals surface area contributed by atoms with Crippen molar-refractivity contribution in [3.63, 3.8) is 0 Å². The quantitative estimate of drug-likeness (QED) is 0.129. The van der Waals surface area contributed by atoms with Gasteiger partial charge in [-0.05, 0) is 134 Å². The Morgan fingerprint density at radius 2 is 0.430 bits per heavy atom. The second kappa shape index (κ2) is 21.4. The summed E-state index contributed by atoms with van der Waals surface area (Å²) in [5, 5.41) is 5.04. The third kappa shape index (κ3) is 9.23. The van der Waals surface area contributed by atoms with Crippen LogP contribution in [0.15, 0.2) is 328 Å². The van der Waals surface area contributed by atoms with E-state index in [-0.39, 0.29) is 0 Å². The molecule has 0 radical (unpaired) electrons. The van der Waals surface area contributed by atoms with E-state index in [9.17, 15) is 0 Å². The van der Waals surface area contributed by atoms with Crippen LogP contribution >= 0.6 is 0 Å². The van der Waals surface area contributed by atoms with E-state index in [4.69, 9.17) is 9.97 Å². The molecule has 0 bridgehead atoms. The summed E-state index contributed by atoms with van der Waals surface area (Å²) >= 11 is 0. The number of aromatic nitrogens is 4. The molecule has 4 aromatic heterocycles. The first-order valence-electron chi connectivity index (χ1n) is 29.4. The molecule has 402 valence electrons. The first-order valence-corrected chi connectivity index (χ1v) is 29.4. The zero-order valence-electron chi connectivity index (χ0n) is 47.0. The number of nitrogens with zero attached hydrogens (tertiary/aromatic N) is 4. The maximum absolute atomic E-state index is 5.31. The first kappa shape index (κ1) is 50.3. The topological polar surface area (TPSA) is 35.6 Å². The fraction of sp³-hybridized carbons (Fsp3) is 0. The Bertz CT molecular complexity index is 5070. The van der Waals surface area contributed by atoms with Gasteiger partial charge in [0.15, 0.2) is 0 Å². The second-order valence-electron chi connectivity index (χ2n) is 22.1. The zero-order chi connectivity index (χ0) is 56.9. The van der Waals surface area contributed by atoms with Crippen LogP contribution in [0.1, 0.15) is 0 Å². The molecule has 0 spiro atoms. The summed E-state index contributed by atoms with van der Waals surface area (Å²) in [4.78, 5) is 10.6. The van der Waals surface area contributed by atoms with E-state index >= 15 is 0 Å². The SMILES string of the molecule is c1ccc(-c2cc(-c3ccc(-c4ccc(-n5c6ccccc6c6ccccc65)cc4)cc3)cc(-c3ccc(-c4ccc(-c5cc(-c6cccc(-c7cccc(-n8c9ccccc9c9ccccc98)c7)c6)cc(-c6ccccc6)n5)cc4)cc3)n2)cc1. The average molecular weight is 1100 g/mol. The summed E-state index contributed by atoms with van der Waals surface area (Å²) in [6.07, 6.45) is 0. The monoisotopic (exact) mass is 1090 g/mol. The van der Waals surface area contributed by atoms with Crippen LogP contribution in [-0.2, 0) is 0 Å². The summed E-state index contributed by atoms with van der Waals surface area (Å²) in [5.41, 5.74) is 26.5. The third-order valence-corrected chi connectivity index (χ3v) is 17.0. The van der Waals surface area contributed by atoms with Gasteiger partial charge >= 0.3 is 0 Å². The molecule has 0 aliphatic rings. The molecule has 86 heavy (non-hydrogen) atoms. The van der Waals surface area contributed by atoms with Crippen LogP contribution in [0.5, 0.6) is 0 Å². The number of rotatable bonds is 11. The Balaban J connectivity index is 0.678. The van der Waals surface area contributed by atoms with Crippen LogP contribution in [0.2, 0.25) is 0 Å². The smallest absolute Gasteiger partial charge is 0.0715 e. The van der Waals surface area contributed by atoms with Crippen LogP contribution in [-0.4, -0.2) is 19.1 Å². The van der Waals surface area contributed by atoms with Crippen molar-refractivity contribution >= 4 is 43.6 Å². The van der Waals surface area contributed by atoms with Crippen LogP contribution in [0, 0.1) is 0 Å². The van der Waals surface area contributed by atoms with Crippen molar-refractivity contribution in [2.45, 2.75) is 0 Å². The van der Waals surface area contributed by atoms with Crippen molar-refractivity contribution in [1.29, 1.82) is 0 Å². The van der Waals surface area contributed by atoms with Gasteiger partial charge in [0.2, 0.25) is 0 Å². The van der Waals surface area contributed by atoms with Gasteiger partial charge < -0.3 is 9.13 Å². The van der Waals surface area contributed by atoms with E-state index in [1.54, 1.807) is 0 Å². The van der Waals surface area contributed by atoms with Gasteiger partial charge in [-0.25, -0.2) is 9.97 Å². The van der Waals surface area contributed by atoms with Crippen molar-refractivity contribution in [1.82, 2.24) is 19.1 Å². The molecule has 0 saturated carbocycles. The zero-order valence-corrected chi connectivity index (χ0v) is 47.0. The molecule has 0 saturated heterocycles. The Morgan fingerprint density at radius 3 is 0.837 bits per heavy atom. The highest BCUT2D eigenvalue weighted by molar-refractivity contribution is 6.10. The van der Waals surface area contributed by atoms with Crippen LogP contribution in [0.25, 0.3) is 156 Å². The molecule has 4 heteroatoms. The van der Waals surface area contributed by atoms with Gasteiger partial charge in [0, 0.05) is 55.2 Å². The molecular weight excluding hydrogens is 1040 g/mol. The molecule has 0 N–H and O–H groups in total. The molecule has 0 unspecified atom stereocenters. The van der Waals surface area contributed by atoms with Crippen molar-refractivity contribution in [2.75, 3.05) is 0 Å². The van der Waals surface area contributed by atoms with Gasteiger partial charge in [0.25, 0.3) is 0 Å². The number of benzene rings is 12. The van der Waals surface area contributed by atoms with E-state index in [2.05, 4.69) is 337 Å². The van der Waals surface area contributed by atoms with E-state index in [0.717, 1.165) is 101 Å². The molecule has 0 atom stereocenters. The van der Waals surface area contributed by atoms with Crippen LogP contribution in [0.3, 0.4) is 0 Å². The molecule has 12 aromatic carbocycles. The predicted octanol–water partition coefficient (Wildman–Crippen LogP) is 21.7. The molecule has 0 aliphatic carbocycles. The van der Waals surface area contributed by atoms with Gasteiger partial charge in [0.1, 0.15) is 0 Å². The standard InChI is InChI=1S/C82H54N4/c1-3-17-60(18-4-1)75-51-67(59-35-33-55(34-36-59)58-45-47-69(48-46-58)85-79-29-11-7-25-71(79)72-26-8-12-30-80(72)85)52-77(83-75)62-41-37-56(38-42-62)57-39-43-63(44-40-57)78-54-68(53-76(84-78)61-19-5-2-6-20-61)65-22-15-21-64(49-65)66-23-16-24-70(50-66)86-81-31-13-9-27-73(81)74-28-10-14-32-82(74)86/h1-54H. The van der Waals surface area contributed by atoms with Gasteiger partial charge in [-0.2, -0.15) is 0 Å². The molecule has 0 fully saturated rings.